The molecule has 21 heavy (non-hydrogen) atoms. The first-order valence-electron chi connectivity index (χ1n) is 6.07. The van der Waals surface area contributed by atoms with Crippen LogP contribution in [-0.4, -0.2) is 29.3 Å². The predicted octanol–water partition coefficient (Wildman–Crippen LogP) is 1.06. The first kappa shape index (κ1) is 13.4. The predicted molar refractivity (Wildman–Crippen MR) is 79.7 cm³/mol. The highest BCUT2D eigenvalue weighted by atomic mass is 32.2. The van der Waals surface area contributed by atoms with Crippen LogP contribution in [0, 0.1) is 0 Å². The molecule has 0 saturated heterocycles. The van der Waals surface area contributed by atoms with E-state index in [1.807, 2.05) is 18.2 Å². The molecule has 0 spiro atoms. The molecule has 3 rings (SSSR count). The van der Waals surface area contributed by atoms with E-state index in [0.717, 1.165) is 23.0 Å². The number of benzene rings is 1. The number of fused-ring (bicyclic) bond motifs is 1. The number of aromatic amines is 1. The highest BCUT2D eigenvalue weighted by Gasteiger charge is 2.08. The minimum Gasteiger partial charge on any atom is -0.284 e. The average Bonchev–Trinajstić information content (AvgIpc) is 2.80. The van der Waals surface area contributed by atoms with Crippen molar-refractivity contribution in [2.75, 3.05) is 11.0 Å². The van der Waals surface area contributed by atoms with Gasteiger partial charge in [0.05, 0.1) is 23.7 Å². The molecule has 108 valence electrons. The molecular formula is C13H12N4O3S. The third kappa shape index (κ3) is 2.79. The molecule has 2 aromatic heterocycles. The van der Waals surface area contributed by atoms with E-state index in [9.17, 15) is 13.2 Å². The van der Waals surface area contributed by atoms with E-state index in [0.29, 0.717) is 5.69 Å². The van der Waals surface area contributed by atoms with E-state index in [1.54, 1.807) is 22.7 Å². The van der Waals surface area contributed by atoms with Crippen LogP contribution in [0.5, 0.6) is 0 Å². The zero-order valence-corrected chi connectivity index (χ0v) is 11.9. The molecule has 0 saturated carbocycles. The lowest BCUT2D eigenvalue weighted by Gasteiger charge is -2.07. The number of nitrogens with one attached hydrogen (secondary N) is 2. The molecule has 0 fully saturated rings. The van der Waals surface area contributed by atoms with E-state index in [2.05, 4.69) is 14.8 Å². The number of H-pyrrole nitrogens is 1. The van der Waals surface area contributed by atoms with E-state index < -0.39 is 15.7 Å². The Kier molecular flexibility index (Phi) is 3.02. The lowest BCUT2D eigenvalue weighted by Crippen LogP contribution is -2.14. The van der Waals surface area contributed by atoms with Crippen LogP contribution in [0.2, 0.25) is 0 Å². The summed E-state index contributed by atoms with van der Waals surface area (Å²) in [5, 5.41) is 2.62. The van der Waals surface area contributed by atoms with Gasteiger partial charge in [-0.15, -0.1) is 0 Å². The number of anilines is 1. The van der Waals surface area contributed by atoms with Crippen molar-refractivity contribution < 1.29 is 8.42 Å². The molecule has 0 aliphatic heterocycles. The summed E-state index contributed by atoms with van der Waals surface area (Å²) in [7, 11) is -3.34. The molecule has 1 aromatic carbocycles. The van der Waals surface area contributed by atoms with Crippen LogP contribution in [0.3, 0.4) is 0 Å². The van der Waals surface area contributed by atoms with Crippen LogP contribution in [-0.2, 0) is 10.0 Å². The summed E-state index contributed by atoms with van der Waals surface area (Å²) < 4.78 is 26.6. The Bertz CT molecular complexity index is 972. The zero-order valence-electron chi connectivity index (χ0n) is 11.1. The number of aromatic nitrogens is 3. The van der Waals surface area contributed by atoms with Crippen molar-refractivity contribution in [2.24, 2.45) is 0 Å². The summed E-state index contributed by atoms with van der Waals surface area (Å²) in [6, 6.07) is 10.6. The molecule has 0 unspecified atom stereocenters. The Morgan fingerprint density at radius 1 is 1.24 bits per heavy atom. The SMILES string of the molecule is CS(=O)(=O)Nc1cccc(-c2ccc3cnc(=O)[nH]n23)c1. The zero-order chi connectivity index (χ0) is 15.0. The van der Waals surface area contributed by atoms with Gasteiger partial charge in [-0.05, 0) is 24.3 Å². The second-order valence-corrected chi connectivity index (χ2v) is 6.36. The average molecular weight is 304 g/mol. The minimum absolute atomic E-state index is 0.453. The molecule has 0 amide bonds. The molecule has 0 atom stereocenters. The Balaban J connectivity index is 2.13. The third-order valence-electron chi connectivity index (χ3n) is 2.89. The second-order valence-electron chi connectivity index (χ2n) is 4.61. The molecule has 0 aliphatic carbocycles. The van der Waals surface area contributed by atoms with Gasteiger partial charge in [-0.1, -0.05) is 12.1 Å². The second kappa shape index (κ2) is 4.74. The Hall–Kier alpha value is -2.61. The fourth-order valence-electron chi connectivity index (χ4n) is 2.11. The van der Waals surface area contributed by atoms with Crippen LogP contribution in [0.25, 0.3) is 16.8 Å². The summed E-state index contributed by atoms with van der Waals surface area (Å²) in [6.45, 7) is 0. The van der Waals surface area contributed by atoms with Gasteiger partial charge in [-0.3, -0.25) is 9.24 Å². The van der Waals surface area contributed by atoms with Crippen molar-refractivity contribution in [1.82, 2.24) is 14.6 Å². The number of rotatable bonds is 3. The van der Waals surface area contributed by atoms with Crippen molar-refractivity contribution in [3.8, 4) is 11.3 Å². The van der Waals surface area contributed by atoms with Crippen LogP contribution >= 0.6 is 0 Å². The highest BCUT2D eigenvalue weighted by molar-refractivity contribution is 7.92. The van der Waals surface area contributed by atoms with Crippen molar-refractivity contribution in [2.45, 2.75) is 0 Å². The quantitative estimate of drug-likeness (QED) is 0.756. The number of nitrogens with zero attached hydrogens (tertiary/aromatic N) is 2. The summed E-state index contributed by atoms with van der Waals surface area (Å²) in [4.78, 5) is 15.0. The summed E-state index contributed by atoms with van der Waals surface area (Å²) in [5.41, 5.74) is 2.25. The van der Waals surface area contributed by atoms with E-state index >= 15 is 0 Å². The van der Waals surface area contributed by atoms with Crippen molar-refractivity contribution in [1.29, 1.82) is 0 Å². The van der Waals surface area contributed by atoms with Crippen LogP contribution < -0.4 is 10.4 Å². The molecule has 0 radical (unpaired) electrons. The molecule has 0 bridgehead atoms. The van der Waals surface area contributed by atoms with Crippen LogP contribution in [0.15, 0.2) is 47.4 Å². The summed E-state index contributed by atoms with van der Waals surface area (Å²) in [5.74, 6) is 0. The molecule has 2 N–H and O–H groups in total. The fraction of sp³-hybridized carbons (Fsp3) is 0.0769. The van der Waals surface area contributed by atoms with Gasteiger partial charge < -0.3 is 0 Å². The van der Waals surface area contributed by atoms with Gasteiger partial charge in [-0.2, -0.15) is 4.98 Å². The highest BCUT2D eigenvalue weighted by Crippen LogP contribution is 2.24. The minimum atomic E-state index is -3.34. The lowest BCUT2D eigenvalue weighted by atomic mass is 10.1. The largest absolute Gasteiger partial charge is 0.360 e. The smallest absolute Gasteiger partial charge is 0.284 e. The molecule has 7 nitrogen and oxygen atoms in total. The number of hydrogen-bond acceptors (Lipinski definition) is 4. The Labute approximate surface area is 120 Å². The molecule has 8 heteroatoms. The molecule has 0 aliphatic rings. The molecule has 2 heterocycles. The standard InChI is InChI=1S/C13H12N4O3S/c1-21(19,20)16-10-4-2-3-9(7-10)12-6-5-11-8-14-13(18)15-17(11)12/h2-8,16H,1H3,(H,15,18). The maximum Gasteiger partial charge on any atom is 0.360 e. The van der Waals surface area contributed by atoms with Crippen LogP contribution in [0.1, 0.15) is 0 Å². The van der Waals surface area contributed by atoms with Gasteiger partial charge in [-0.25, -0.2) is 18.3 Å². The summed E-state index contributed by atoms with van der Waals surface area (Å²) >= 11 is 0. The van der Waals surface area contributed by atoms with Gasteiger partial charge in [0.2, 0.25) is 10.0 Å². The van der Waals surface area contributed by atoms with Gasteiger partial charge in [0, 0.05) is 11.3 Å². The van der Waals surface area contributed by atoms with Gasteiger partial charge in [0.1, 0.15) is 0 Å². The maximum absolute atomic E-state index is 11.3. The van der Waals surface area contributed by atoms with Gasteiger partial charge in [0.25, 0.3) is 0 Å². The van der Waals surface area contributed by atoms with E-state index in [4.69, 9.17) is 0 Å². The molecule has 3 aromatic rings. The van der Waals surface area contributed by atoms with Crippen LogP contribution in [0.4, 0.5) is 5.69 Å². The van der Waals surface area contributed by atoms with E-state index in [1.165, 1.54) is 6.20 Å². The van der Waals surface area contributed by atoms with Crippen molar-refractivity contribution in [3.63, 3.8) is 0 Å². The first-order valence-corrected chi connectivity index (χ1v) is 7.96. The van der Waals surface area contributed by atoms with Gasteiger partial charge >= 0.3 is 5.69 Å². The topological polar surface area (TPSA) is 96.3 Å². The van der Waals surface area contributed by atoms with Gasteiger partial charge in [0.15, 0.2) is 0 Å². The Morgan fingerprint density at radius 2 is 2.05 bits per heavy atom. The number of sulfonamides is 1. The third-order valence-corrected chi connectivity index (χ3v) is 3.50. The molecular weight excluding hydrogens is 292 g/mol. The normalized spacial score (nSPS) is 11.7. The fourth-order valence-corrected chi connectivity index (χ4v) is 2.66. The Morgan fingerprint density at radius 3 is 2.81 bits per heavy atom. The van der Waals surface area contributed by atoms with E-state index in [-0.39, 0.29) is 0 Å². The summed E-state index contributed by atoms with van der Waals surface area (Å²) in [6.07, 6.45) is 2.57. The first-order chi connectivity index (χ1) is 9.92. The van der Waals surface area contributed by atoms with Crippen molar-refractivity contribution >= 4 is 21.2 Å². The monoisotopic (exact) mass is 304 g/mol. The lowest BCUT2D eigenvalue weighted by molar-refractivity contribution is 0.607. The maximum atomic E-state index is 11.3. The van der Waals surface area contributed by atoms with Crippen molar-refractivity contribution in [3.05, 3.63) is 53.1 Å². The number of hydrogen-bond donors (Lipinski definition) is 2.